The molecule has 1 aromatic heterocycles. The van der Waals surface area contributed by atoms with Crippen LogP contribution in [0.1, 0.15) is 24.0 Å². The van der Waals surface area contributed by atoms with Crippen molar-refractivity contribution in [2.24, 2.45) is 0 Å². The average molecular weight is 576 g/mol. The molecular weight excluding hydrogens is 551 g/mol. The number of alkyl halides is 3. The van der Waals surface area contributed by atoms with Crippen LogP contribution < -0.4 is 20.3 Å². The van der Waals surface area contributed by atoms with E-state index in [1.807, 2.05) is 4.90 Å². The quantitative estimate of drug-likeness (QED) is 0.337. The van der Waals surface area contributed by atoms with Crippen molar-refractivity contribution < 1.29 is 32.2 Å². The number of halogens is 4. The minimum absolute atomic E-state index is 0.0378. The normalized spacial score (nSPS) is 15.5. The maximum Gasteiger partial charge on any atom is 0.417 e. The Balaban J connectivity index is 1.39. The molecule has 0 aliphatic carbocycles. The fourth-order valence-electron chi connectivity index (χ4n) is 4.02. The lowest BCUT2D eigenvalue weighted by Crippen LogP contribution is -2.48. The number of nitrogens with zero attached hydrogens (tertiary/aromatic N) is 3. The number of amides is 2. The second-order valence-electron chi connectivity index (χ2n) is 8.81. The highest BCUT2D eigenvalue weighted by atomic mass is 35.5. The zero-order valence-corrected chi connectivity index (χ0v) is 22.0. The lowest BCUT2D eigenvalue weighted by atomic mass is 10.1. The van der Waals surface area contributed by atoms with Crippen molar-refractivity contribution in [3.8, 4) is 11.6 Å². The van der Waals surface area contributed by atoms with E-state index >= 15 is 0 Å². The molecular formula is C27H25ClF3N5O4. The van der Waals surface area contributed by atoms with Gasteiger partial charge in [0.1, 0.15) is 5.75 Å². The van der Waals surface area contributed by atoms with Gasteiger partial charge in [-0.15, -0.1) is 0 Å². The minimum atomic E-state index is -4.64. The number of carbonyl (C=O) groups is 2. The van der Waals surface area contributed by atoms with Crippen molar-refractivity contribution >= 4 is 41.3 Å². The Morgan fingerprint density at radius 1 is 1.18 bits per heavy atom. The molecule has 210 valence electrons. The fourth-order valence-corrected chi connectivity index (χ4v) is 4.25. The highest BCUT2D eigenvalue weighted by Crippen LogP contribution is 2.36. The van der Waals surface area contributed by atoms with E-state index < -0.39 is 28.8 Å². The summed E-state index contributed by atoms with van der Waals surface area (Å²) < 4.78 is 49.8. The predicted octanol–water partition coefficient (Wildman–Crippen LogP) is 5.92. The molecule has 0 bridgehead atoms. The molecule has 1 saturated heterocycles. The second-order valence-corrected chi connectivity index (χ2v) is 9.21. The highest BCUT2D eigenvalue weighted by molar-refractivity contribution is 6.31. The van der Waals surface area contributed by atoms with Crippen LogP contribution in [0.25, 0.3) is 6.08 Å². The number of ether oxygens (including phenoxy) is 2. The Kier molecular flexibility index (Phi) is 9.10. The maximum absolute atomic E-state index is 13.1. The average Bonchev–Trinajstić information content (AvgIpc) is 2.93. The molecule has 1 atom stereocenters. The lowest BCUT2D eigenvalue weighted by Gasteiger charge is -2.32. The van der Waals surface area contributed by atoms with Gasteiger partial charge in [0.2, 0.25) is 17.7 Å². The number of hydrogen-bond acceptors (Lipinski definition) is 7. The zero-order valence-electron chi connectivity index (χ0n) is 21.2. The van der Waals surface area contributed by atoms with Crippen LogP contribution in [0.3, 0.4) is 0 Å². The van der Waals surface area contributed by atoms with E-state index in [9.17, 15) is 22.8 Å². The van der Waals surface area contributed by atoms with E-state index in [1.54, 1.807) is 36.5 Å². The molecule has 1 aliphatic rings. The van der Waals surface area contributed by atoms with Crippen LogP contribution in [-0.2, 0) is 15.7 Å². The summed E-state index contributed by atoms with van der Waals surface area (Å²) >= 11 is 5.62. The van der Waals surface area contributed by atoms with E-state index in [-0.39, 0.29) is 11.7 Å². The summed E-state index contributed by atoms with van der Waals surface area (Å²) in [6.07, 6.45) is 0.786. The Hall–Kier alpha value is -4.32. The summed E-state index contributed by atoms with van der Waals surface area (Å²) in [4.78, 5) is 34.6. The third kappa shape index (κ3) is 7.85. The summed E-state index contributed by atoms with van der Waals surface area (Å²) in [5.41, 5.74) is -0.461. The molecule has 13 heteroatoms. The van der Waals surface area contributed by atoms with Crippen molar-refractivity contribution in [3.63, 3.8) is 0 Å². The number of methoxy groups -OCH3 is 1. The first-order chi connectivity index (χ1) is 19.1. The molecule has 4 rings (SSSR count). The van der Waals surface area contributed by atoms with E-state index in [1.165, 1.54) is 25.3 Å². The number of rotatable bonds is 7. The molecule has 1 fully saturated rings. The van der Waals surface area contributed by atoms with Crippen LogP contribution in [0.15, 0.2) is 60.8 Å². The van der Waals surface area contributed by atoms with Crippen molar-refractivity contribution in [2.75, 3.05) is 30.4 Å². The molecule has 2 N–H and O–H groups in total. The first-order valence-corrected chi connectivity index (χ1v) is 12.5. The molecule has 40 heavy (non-hydrogen) atoms. The number of piperidine rings is 1. The maximum atomic E-state index is 13.1. The summed E-state index contributed by atoms with van der Waals surface area (Å²) in [6.45, 7) is 1.24. The Bertz CT molecular complexity index is 1400. The Morgan fingerprint density at radius 3 is 2.77 bits per heavy atom. The third-order valence-electron chi connectivity index (χ3n) is 5.88. The van der Waals surface area contributed by atoms with Crippen molar-refractivity contribution in [1.82, 2.24) is 15.3 Å². The topological polar surface area (TPSA) is 106 Å². The van der Waals surface area contributed by atoms with Crippen LogP contribution in [-0.4, -0.2) is 48.2 Å². The Labute approximate surface area is 233 Å². The van der Waals surface area contributed by atoms with E-state index in [0.29, 0.717) is 29.7 Å². The van der Waals surface area contributed by atoms with E-state index in [2.05, 4.69) is 25.3 Å². The van der Waals surface area contributed by atoms with Crippen LogP contribution >= 0.6 is 11.6 Å². The highest BCUT2D eigenvalue weighted by Gasteiger charge is 2.33. The first kappa shape index (κ1) is 28.7. The molecule has 2 amide bonds. The van der Waals surface area contributed by atoms with E-state index in [4.69, 9.17) is 16.3 Å². The van der Waals surface area contributed by atoms with Gasteiger partial charge in [-0.05, 0) is 54.8 Å². The summed E-state index contributed by atoms with van der Waals surface area (Å²) in [7, 11) is 1.32. The van der Waals surface area contributed by atoms with Crippen molar-refractivity contribution in [1.29, 1.82) is 0 Å². The van der Waals surface area contributed by atoms with Gasteiger partial charge in [0.15, 0.2) is 0 Å². The van der Waals surface area contributed by atoms with Gasteiger partial charge < -0.3 is 25.0 Å². The number of carbonyl (C=O) groups excluding carboxylic acids is 2. The fraction of sp³-hybridized carbons (Fsp3) is 0.259. The van der Waals surface area contributed by atoms with Crippen LogP contribution in [0.5, 0.6) is 11.6 Å². The Morgan fingerprint density at radius 2 is 2.00 bits per heavy atom. The predicted molar refractivity (Wildman–Crippen MR) is 143 cm³/mol. The number of hydrogen-bond donors (Lipinski definition) is 2. The zero-order chi connectivity index (χ0) is 28.7. The van der Waals surface area contributed by atoms with Gasteiger partial charge in [0, 0.05) is 43.2 Å². The number of anilines is 2. The SMILES string of the molecule is COC(=O)NC1CCCN(c2nccc(Oc3cccc(/C=C/C(=O)Nc4ccc(Cl)c(C(F)(F)F)c4)c3)n2)C1. The van der Waals surface area contributed by atoms with Gasteiger partial charge >= 0.3 is 12.3 Å². The van der Waals surface area contributed by atoms with Gasteiger partial charge in [-0.1, -0.05) is 23.7 Å². The summed E-state index contributed by atoms with van der Waals surface area (Å²) in [6, 6.07) is 11.5. The van der Waals surface area contributed by atoms with Gasteiger partial charge in [-0.3, -0.25) is 4.79 Å². The van der Waals surface area contributed by atoms with Gasteiger partial charge in [0.25, 0.3) is 0 Å². The standard InChI is InChI=1S/C27H25ClF3N5O4/c1-39-26(38)34-19-5-3-13-36(16-19)25-32-12-11-24(35-25)40-20-6-2-4-17(14-20)7-10-23(37)33-18-8-9-22(28)21(15-18)27(29,30)31/h2,4,6-12,14-15,19H,3,5,13,16H2,1H3,(H,33,37)(H,34,38)/b10-7+. The molecule has 0 spiro atoms. The molecule has 1 unspecified atom stereocenters. The van der Waals surface area contributed by atoms with Crippen molar-refractivity contribution in [2.45, 2.75) is 25.1 Å². The molecule has 0 radical (unpaired) electrons. The molecule has 0 saturated carbocycles. The van der Waals surface area contributed by atoms with Gasteiger partial charge in [-0.2, -0.15) is 18.2 Å². The largest absolute Gasteiger partial charge is 0.453 e. The second kappa shape index (κ2) is 12.7. The van der Waals surface area contributed by atoms with E-state index in [0.717, 1.165) is 31.5 Å². The first-order valence-electron chi connectivity index (χ1n) is 12.2. The number of benzene rings is 2. The van der Waals surface area contributed by atoms with Crippen LogP contribution in [0.2, 0.25) is 5.02 Å². The number of aromatic nitrogens is 2. The summed E-state index contributed by atoms with van der Waals surface area (Å²) in [5, 5.41) is 4.74. The number of nitrogens with one attached hydrogen (secondary N) is 2. The van der Waals surface area contributed by atoms with Crippen LogP contribution in [0.4, 0.5) is 29.6 Å². The third-order valence-corrected chi connectivity index (χ3v) is 6.21. The minimum Gasteiger partial charge on any atom is -0.453 e. The molecule has 2 aromatic carbocycles. The molecule has 2 heterocycles. The van der Waals surface area contributed by atoms with Crippen molar-refractivity contribution in [3.05, 3.63) is 77.0 Å². The number of alkyl carbamates (subject to hydrolysis) is 1. The smallest absolute Gasteiger partial charge is 0.417 e. The lowest BCUT2D eigenvalue weighted by molar-refractivity contribution is -0.137. The summed E-state index contributed by atoms with van der Waals surface area (Å²) in [5.74, 6) is 0.583. The monoisotopic (exact) mass is 575 g/mol. The van der Waals surface area contributed by atoms with Gasteiger partial charge in [-0.25, -0.2) is 9.78 Å². The van der Waals surface area contributed by atoms with Crippen LogP contribution in [0, 0.1) is 0 Å². The van der Waals surface area contributed by atoms with Gasteiger partial charge in [0.05, 0.1) is 17.7 Å². The molecule has 9 nitrogen and oxygen atoms in total. The molecule has 1 aliphatic heterocycles. The molecule has 3 aromatic rings.